The Hall–Kier alpha value is -0.280. The van der Waals surface area contributed by atoms with Crippen LogP contribution in [0.3, 0.4) is 0 Å². The summed E-state index contributed by atoms with van der Waals surface area (Å²) in [6, 6.07) is 0.616. The number of rotatable bonds is 4. The molecule has 0 aromatic carbocycles. The molecular weight excluding hydrogens is 224 g/mol. The number of amides is 1. The Morgan fingerprint density at radius 2 is 1.75 bits per heavy atom. The van der Waals surface area contributed by atoms with Gasteiger partial charge in [0, 0.05) is 6.04 Å². The van der Waals surface area contributed by atoms with Crippen LogP contribution in [0.5, 0.6) is 0 Å². The van der Waals surface area contributed by atoms with Gasteiger partial charge in [-0.1, -0.05) is 0 Å². The molecule has 3 fully saturated rings. The minimum Gasteiger partial charge on any atom is -0.351 e. The third kappa shape index (κ3) is 2.69. The monoisotopic (exact) mass is 244 g/mol. The van der Waals surface area contributed by atoms with E-state index in [-0.39, 0.29) is 24.4 Å². The molecule has 3 nitrogen and oxygen atoms in total. The van der Waals surface area contributed by atoms with Gasteiger partial charge in [-0.2, -0.15) is 0 Å². The van der Waals surface area contributed by atoms with Crippen molar-refractivity contribution in [1.82, 2.24) is 10.6 Å². The number of carbonyl (C=O) groups excluding carboxylic acids is 1. The third-order valence-electron chi connectivity index (χ3n) is 3.95. The molecule has 92 valence electrons. The molecule has 0 spiro atoms. The lowest BCUT2D eigenvalue weighted by Crippen LogP contribution is -2.46. The molecule has 2 saturated carbocycles. The van der Waals surface area contributed by atoms with Crippen LogP contribution in [-0.4, -0.2) is 24.5 Å². The van der Waals surface area contributed by atoms with Crippen molar-refractivity contribution >= 4 is 18.3 Å². The van der Waals surface area contributed by atoms with E-state index >= 15 is 0 Å². The fraction of sp³-hybridized carbons (Fsp3) is 0.917. The summed E-state index contributed by atoms with van der Waals surface area (Å²) in [4.78, 5) is 11.9. The van der Waals surface area contributed by atoms with Gasteiger partial charge < -0.3 is 10.6 Å². The summed E-state index contributed by atoms with van der Waals surface area (Å²) in [6.45, 7) is 1.01. The molecule has 16 heavy (non-hydrogen) atoms. The molecule has 2 N–H and O–H groups in total. The fourth-order valence-electron chi connectivity index (χ4n) is 2.70. The first-order chi connectivity index (χ1) is 7.34. The highest BCUT2D eigenvalue weighted by Gasteiger charge is 2.42. The van der Waals surface area contributed by atoms with Gasteiger partial charge >= 0.3 is 0 Å². The van der Waals surface area contributed by atoms with Crippen LogP contribution in [0.1, 0.15) is 38.5 Å². The summed E-state index contributed by atoms with van der Waals surface area (Å²) < 4.78 is 0. The average molecular weight is 245 g/mol. The van der Waals surface area contributed by atoms with Crippen LogP contribution in [0, 0.1) is 11.8 Å². The van der Waals surface area contributed by atoms with Crippen molar-refractivity contribution in [2.75, 3.05) is 6.54 Å². The van der Waals surface area contributed by atoms with Crippen molar-refractivity contribution in [3.63, 3.8) is 0 Å². The second-order valence-corrected chi connectivity index (χ2v) is 5.36. The molecule has 0 bridgehead atoms. The Balaban J connectivity index is 0.000000963. The zero-order valence-electron chi connectivity index (χ0n) is 9.58. The maximum Gasteiger partial charge on any atom is 0.237 e. The second kappa shape index (κ2) is 4.92. The van der Waals surface area contributed by atoms with Crippen LogP contribution in [0.2, 0.25) is 0 Å². The van der Waals surface area contributed by atoms with Gasteiger partial charge in [0.05, 0.1) is 6.04 Å². The molecular formula is C12H21ClN2O. The van der Waals surface area contributed by atoms with E-state index < -0.39 is 0 Å². The zero-order valence-corrected chi connectivity index (χ0v) is 10.4. The predicted molar refractivity (Wildman–Crippen MR) is 65.7 cm³/mol. The lowest BCUT2D eigenvalue weighted by atomic mass is 10.1. The minimum absolute atomic E-state index is 0. The number of hydrogen-bond donors (Lipinski definition) is 2. The van der Waals surface area contributed by atoms with Crippen LogP contribution in [0.4, 0.5) is 0 Å². The Bertz CT molecular complexity index is 246. The summed E-state index contributed by atoms with van der Waals surface area (Å²) in [5.74, 6) is 1.88. The highest BCUT2D eigenvalue weighted by atomic mass is 35.5. The van der Waals surface area contributed by atoms with Crippen LogP contribution < -0.4 is 10.6 Å². The summed E-state index contributed by atoms with van der Waals surface area (Å²) in [5.41, 5.74) is 0. The van der Waals surface area contributed by atoms with Gasteiger partial charge in [-0.25, -0.2) is 0 Å². The molecule has 1 aliphatic heterocycles. The van der Waals surface area contributed by atoms with Gasteiger partial charge in [0.2, 0.25) is 5.91 Å². The first-order valence-electron chi connectivity index (χ1n) is 6.38. The smallest absolute Gasteiger partial charge is 0.237 e. The number of halogens is 1. The number of hydrogen-bond acceptors (Lipinski definition) is 2. The van der Waals surface area contributed by atoms with Crippen molar-refractivity contribution in [2.45, 2.75) is 50.6 Å². The lowest BCUT2D eigenvalue weighted by Gasteiger charge is -2.20. The molecule has 3 aliphatic rings. The van der Waals surface area contributed by atoms with Gasteiger partial charge in [-0.15, -0.1) is 12.4 Å². The van der Waals surface area contributed by atoms with Gasteiger partial charge in [0.15, 0.2) is 0 Å². The van der Waals surface area contributed by atoms with E-state index in [1.165, 1.54) is 25.7 Å². The second-order valence-electron chi connectivity index (χ2n) is 5.36. The van der Waals surface area contributed by atoms with Crippen LogP contribution in [0.15, 0.2) is 0 Å². The Kier molecular flexibility index (Phi) is 3.75. The Morgan fingerprint density at radius 1 is 1.12 bits per heavy atom. The van der Waals surface area contributed by atoms with Crippen molar-refractivity contribution in [1.29, 1.82) is 0 Å². The number of carbonyl (C=O) groups is 1. The molecule has 0 radical (unpaired) electrons. The first-order valence-corrected chi connectivity index (χ1v) is 6.38. The van der Waals surface area contributed by atoms with Crippen molar-refractivity contribution in [3.05, 3.63) is 0 Å². The van der Waals surface area contributed by atoms with E-state index in [1.54, 1.807) is 0 Å². The van der Waals surface area contributed by atoms with E-state index in [0.29, 0.717) is 6.04 Å². The molecule has 0 aromatic heterocycles. The zero-order chi connectivity index (χ0) is 10.3. The number of nitrogens with one attached hydrogen (secondary N) is 2. The SMILES string of the molecule is Cl.O=C(NC(C1CC1)C1CC1)[C@@H]1CCCN1. The highest BCUT2D eigenvalue weighted by molar-refractivity contribution is 5.85. The lowest BCUT2D eigenvalue weighted by molar-refractivity contribution is -0.123. The molecule has 4 heteroatoms. The molecule has 1 amide bonds. The quantitative estimate of drug-likeness (QED) is 0.786. The maximum absolute atomic E-state index is 11.9. The van der Waals surface area contributed by atoms with Gasteiger partial charge in [0.1, 0.15) is 0 Å². The van der Waals surface area contributed by atoms with Crippen LogP contribution in [-0.2, 0) is 4.79 Å². The van der Waals surface area contributed by atoms with Crippen LogP contribution >= 0.6 is 12.4 Å². The van der Waals surface area contributed by atoms with Crippen molar-refractivity contribution in [2.24, 2.45) is 11.8 Å². The standard InChI is InChI=1S/C12H20N2O.ClH/c15-12(10-2-1-7-13-10)14-11(8-3-4-8)9-5-6-9;/h8-11,13H,1-7H2,(H,14,15);1H/t10-;/m0./s1. The molecule has 1 saturated heterocycles. The van der Waals surface area contributed by atoms with E-state index in [0.717, 1.165) is 31.2 Å². The largest absolute Gasteiger partial charge is 0.351 e. The Labute approximate surface area is 103 Å². The van der Waals surface area contributed by atoms with Crippen LogP contribution in [0.25, 0.3) is 0 Å². The Morgan fingerprint density at radius 3 is 2.19 bits per heavy atom. The molecule has 1 heterocycles. The highest BCUT2D eigenvalue weighted by Crippen LogP contribution is 2.44. The summed E-state index contributed by atoms with van der Waals surface area (Å²) in [5, 5.41) is 6.55. The normalized spacial score (nSPS) is 28.9. The van der Waals surface area contributed by atoms with Gasteiger partial charge in [-0.05, 0) is 56.9 Å². The summed E-state index contributed by atoms with van der Waals surface area (Å²) in [7, 11) is 0. The van der Waals surface area contributed by atoms with E-state index in [9.17, 15) is 4.79 Å². The maximum atomic E-state index is 11.9. The molecule has 0 unspecified atom stereocenters. The minimum atomic E-state index is 0. The van der Waals surface area contributed by atoms with Crippen molar-refractivity contribution in [3.8, 4) is 0 Å². The molecule has 3 rings (SSSR count). The fourth-order valence-corrected chi connectivity index (χ4v) is 2.70. The molecule has 1 atom stereocenters. The van der Waals surface area contributed by atoms with Gasteiger partial charge in [0.25, 0.3) is 0 Å². The third-order valence-corrected chi connectivity index (χ3v) is 3.95. The molecule has 0 aromatic rings. The topological polar surface area (TPSA) is 41.1 Å². The first kappa shape index (κ1) is 12.2. The van der Waals surface area contributed by atoms with Crippen molar-refractivity contribution < 1.29 is 4.79 Å². The van der Waals surface area contributed by atoms with E-state index in [4.69, 9.17) is 0 Å². The average Bonchev–Trinajstić information content (AvgIpc) is 3.15. The predicted octanol–water partition coefficient (Wildman–Crippen LogP) is 1.46. The van der Waals surface area contributed by atoms with Gasteiger partial charge in [-0.3, -0.25) is 4.79 Å². The van der Waals surface area contributed by atoms with E-state index in [2.05, 4.69) is 10.6 Å². The molecule has 2 aliphatic carbocycles. The summed E-state index contributed by atoms with van der Waals surface area (Å²) >= 11 is 0. The summed E-state index contributed by atoms with van der Waals surface area (Å²) in [6.07, 6.45) is 7.50. The van der Waals surface area contributed by atoms with E-state index in [1.807, 2.05) is 0 Å².